The Labute approximate surface area is 147 Å². The number of halogens is 3. The summed E-state index contributed by atoms with van der Waals surface area (Å²) in [5, 5.41) is 7.00. The summed E-state index contributed by atoms with van der Waals surface area (Å²) in [5.41, 5.74) is 1.58. The second-order valence-corrected chi connectivity index (χ2v) is 5.97. The molecule has 2 aromatic carbocycles. The van der Waals surface area contributed by atoms with Crippen LogP contribution in [0.3, 0.4) is 0 Å². The molecule has 4 nitrogen and oxygen atoms in total. The van der Waals surface area contributed by atoms with Crippen LogP contribution in [0.15, 0.2) is 53.2 Å². The number of carbonyl (C=O) groups excluding carboxylic acids is 1. The van der Waals surface area contributed by atoms with Gasteiger partial charge in [0.25, 0.3) is 5.91 Å². The summed E-state index contributed by atoms with van der Waals surface area (Å²) in [6, 6.07) is 12.2. The molecule has 0 aromatic heterocycles. The van der Waals surface area contributed by atoms with Crippen molar-refractivity contribution in [1.29, 1.82) is 0 Å². The number of hydrogen-bond acceptors (Lipinski definition) is 2. The van der Waals surface area contributed by atoms with Crippen LogP contribution in [0.2, 0.25) is 15.1 Å². The molecule has 116 valence electrons. The molecule has 0 saturated carbocycles. The Morgan fingerprint density at radius 3 is 2.48 bits per heavy atom. The Morgan fingerprint density at radius 1 is 0.957 bits per heavy atom. The van der Waals surface area contributed by atoms with Gasteiger partial charge in [-0.25, -0.2) is 4.99 Å². The predicted octanol–water partition coefficient (Wildman–Crippen LogP) is 4.39. The zero-order valence-electron chi connectivity index (χ0n) is 11.6. The van der Waals surface area contributed by atoms with Crippen molar-refractivity contribution in [3.8, 4) is 0 Å². The number of benzene rings is 2. The maximum absolute atomic E-state index is 12.0. The van der Waals surface area contributed by atoms with Crippen LogP contribution in [0.5, 0.6) is 0 Å². The number of aliphatic imine (C=N–C) groups is 1. The van der Waals surface area contributed by atoms with Crippen LogP contribution in [0.4, 0.5) is 5.69 Å². The van der Waals surface area contributed by atoms with Gasteiger partial charge in [-0.3, -0.25) is 10.1 Å². The van der Waals surface area contributed by atoms with Crippen LogP contribution in [0.1, 0.15) is 5.56 Å². The van der Waals surface area contributed by atoms with Gasteiger partial charge in [0.2, 0.25) is 5.96 Å². The molecule has 1 saturated heterocycles. The van der Waals surface area contributed by atoms with Gasteiger partial charge in [0, 0.05) is 10.0 Å². The molecule has 23 heavy (non-hydrogen) atoms. The Morgan fingerprint density at radius 2 is 1.74 bits per heavy atom. The van der Waals surface area contributed by atoms with Crippen LogP contribution in [0.25, 0.3) is 6.08 Å². The van der Waals surface area contributed by atoms with Crippen LogP contribution in [-0.4, -0.2) is 11.9 Å². The highest BCUT2D eigenvalue weighted by Gasteiger charge is 2.22. The third kappa shape index (κ3) is 3.67. The molecule has 1 amide bonds. The summed E-state index contributed by atoms with van der Waals surface area (Å²) in [7, 11) is 0. The number of guanidine groups is 1. The fourth-order valence-corrected chi connectivity index (χ4v) is 2.63. The summed E-state index contributed by atoms with van der Waals surface area (Å²) in [5.74, 6) is -0.00807. The van der Waals surface area contributed by atoms with E-state index in [2.05, 4.69) is 15.6 Å². The maximum Gasteiger partial charge on any atom is 0.274 e. The minimum absolute atomic E-state index is 0.289. The lowest BCUT2D eigenvalue weighted by molar-refractivity contribution is -0.115. The number of carbonyl (C=O) groups is 1. The molecule has 2 N–H and O–H groups in total. The molecule has 3 rings (SSSR count). The van der Waals surface area contributed by atoms with Gasteiger partial charge in [0.1, 0.15) is 5.70 Å². The first kappa shape index (κ1) is 15.9. The predicted molar refractivity (Wildman–Crippen MR) is 94.3 cm³/mol. The van der Waals surface area contributed by atoms with E-state index in [4.69, 9.17) is 34.8 Å². The SMILES string of the molecule is O=C1NC(=Nc2ccc(Cl)cc2Cl)N/C1=C\c1ccccc1Cl. The summed E-state index contributed by atoms with van der Waals surface area (Å²) < 4.78 is 0. The monoisotopic (exact) mass is 365 g/mol. The molecule has 0 radical (unpaired) electrons. The molecule has 1 heterocycles. The minimum Gasteiger partial charge on any atom is -0.321 e. The summed E-state index contributed by atoms with van der Waals surface area (Å²) in [6.07, 6.45) is 1.66. The van der Waals surface area contributed by atoms with E-state index in [9.17, 15) is 4.79 Å². The van der Waals surface area contributed by atoms with Crippen LogP contribution < -0.4 is 10.6 Å². The quantitative estimate of drug-likeness (QED) is 0.774. The van der Waals surface area contributed by atoms with Crippen molar-refractivity contribution in [2.45, 2.75) is 0 Å². The van der Waals surface area contributed by atoms with Crippen molar-refractivity contribution in [3.63, 3.8) is 0 Å². The van der Waals surface area contributed by atoms with Gasteiger partial charge >= 0.3 is 0 Å². The molecule has 0 unspecified atom stereocenters. The molecule has 7 heteroatoms. The van der Waals surface area contributed by atoms with E-state index in [0.29, 0.717) is 26.5 Å². The van der Waals surface area contributed by atoms with Crippen molar-refractivity contribution in [2.24, 2.45) is 4.99 Å². The molecule has 0 spiro atoms. The molecular weight excluding hydrogens is 357 g/mol. The Hall–Kier alpha value is -2.01. The molecule has 0 aliphatic carbocycles. The minimum atomic E-state index is -0.297. The Balaban J connectivity index is 1.88. The van der Waals surface area contributed by atoms with Crippen molar-refractivity contribution in [2.75, 3.05) is 0 Å². The van der Waals surface area contributed by atoms with Crippen LogP contribution in [0, 0.1) is 0 Å². The lowest BCUT2D eigenvalue weighted by Crippen LogP contribution is -2.24. The van der Waals surface area contributed by atoms with Gasteiger partial charge < -0.3 is 5.32 Å². The first-order valence-electron chi connectivity index (χ1n) is 6.61. The molecule has 1 aliphatic rings. The highest BCUT2D eigenvalue weighted by Crippen LogP contribution is 2.28. The third-order valence-corrected chi connectivity index (χ3v) is 3.96. The standard InChI is InChI=1S/C16H10Cl3N3O/c17-10-5-6-13(12(19)8-10)20-16-21-14(15(23)22-16)7-9-3-1-2-4-11(9)18/h1-8H,(H2,20,21,22,23)/b14-7-. The Bertz CT molecular complexity index is 846. The summed E-state index contributed by atoms with van der Waals surface area (Å²) in [6.45, 7) is 0. The van der Waals surface area contributed by atoms with Gasteiger partial charge in [0.15, 0.2) is 0 Å². The summed E-state index contributed by atoms with van der Waals surface area (Å²) >= 11 is 18.0. The summed E-state index contributed by atoms with van der Waals surface area (Å²) in [4.78, 5) is 16.3. The average molecular weight is 367 g/mol. The first-order valence-corrected chi connectivity index (χ1v) is 7.74. The van der Waals surface area contributed by atoms with E-state index in [1.807, 2.05) is 18.2 Å². The number of nitrogens with one attached hydrogen (secondary N) is 2. The van der Waals surface area contributed by atoms with Gasteiger partial charge in [0.05, 0.1) is 10.7 Å². The fourth-order valence-electron chi connectivity index (χ4n) is 1.99. The molecule has 1 fully saturated rings. The lowest BCUT2D eigenvalue weighted by atomic mass is 10.2. The third-order valence-electron chi connectivity index (χ3n) is 3.08. The second kappa shape index (κ2) is 6.62. The highest BCUT2D eigenvalue weighted by atomic mass is 35.5. The fraction of sp³-hybridized carbons (Fsp3) is 0. The van der Waals surface area contributed by atoms with Crippen molar-refractivity contribution < 1.29 is 4.79 Å². The number of hydrogen-bond donors (Lipinski definition) is 2. The van der Waals surface area contributed by atoms with Crippen molar-refractivity contribution >= 4 is 58.4 Å². The smallest absolute Gasteiger partial charge is 0.274 e. The highest BCUT2D eigenvalue weighted by molar-refractivity contribution is 6.36. The van der Waals surface area contributed by atoms with E-state index in [1.54, 1.807) is 30.3 Å². The van der Waals surface area contributed by atoms with Crippen molar-refractivity contribution in [1.82, 2.24) is 10.6 Å². The van der Waals surface area contributed by atoms with E-state index >= 15 is 0 Å². The van der Waals surface area contributed by atoms with Crippen LogP contribution >= 0.6 is 34.8 Å². The molecule has 0 bridgehead atoms. The normalized spacial score (nSPS) is 17.4. The van der Waals surface area contributed by atoms with Crippen molar-refractivity contribution in [3.05, 3.63) is 68.8 Å². The molecular formula is C16H10Cl3N3O. The van der Waals surface area contributed by atoms with E-state index in [1.165, 1.54) is 0 Å². The maximum atomic E-state index is 12.0. The van der Waals surface area contributed by atoms with Gasteiger partial charge in [-0.15, -0.1) is 0 Å². The molecule has 0 atom stereocenters. The zero-order valence-corrected chi connectivity index (χ0v) is 13.9. The number of rotatable bonds is 2. The molecule has 2 aromatic rings. The average Bonchev–Trinajstić information content (AvgIpc) is 2.84. The second-order valence-electron chi connectivity index (χ2n) is 4.71. The van der Waals surface area contributed by atoms with Crippen LogP contribution in [-0.2, 0) is 4.79 Å². The topological polar surface area (TPSA) is 53.5 Å². The van der Waals surface area contributed by atoms with E-state index in [-0.39, 0.29) is 11.9 Å². The largest absolute Gasteiger partial charge is 0.321 e. The van der Waals surface area contributed by atoms with Gasteiger partial charge in [-0.05, 0) is 35.9 Å². The van der Waals surface area contributed by atoms with E-state index in [0.717, 1.165) is 5.56 Å². The zero-order chi connectivity index (χ0) is 16.4. The lowest BCUT2D eigenvalue weighted by Gasteiger charge is -2.01. The van der Waals surface area contributed by atoms with Gasteiger partial charge in [-0.1, -0.05) is 53.0 Å². The number of nitrogens with zero attached hydrogens (tertiary/aromatic N) is 1. The Kier molecular flexibility index (Phi) is 4.57. The van der Waals surface area contributed by atoms with Gasteiger partial charge in [-0.2, -0.15) is 0 Å². The molecule has 1 aliphatic heterocycles. The van der Waals surface area contributed by atoms with E-state index < -0.39 is 0 Å². The number of amides is 1. The first-order chi connectivity index (χ1) is 11.0.